The second-order valence-corrected chi connectivity index (χ2v) is 30.3. The van der Waals surface area contributed by atoms with Crippen molar-refractivity contribution in [2.24, 2.45) is 41.8 Å². The van der Waals surface area contributed by atoms with Gasteiger partial charge in [0.2, 0.25) is 0 Å². The summed E-state index contributed by atoms with van der Waals surface area (Å²) in [4.78, 5) is 90.1. The average molecular weight is 1580 g/mol. The van der Waals surface area contributed by atoms with Crippen molar-refractivity contribution in [3.63, 3.8) is 0 Å². The van der Waals surface area contributed by atoms with Crippen LogP contribution in [0.25, 0.3) is 0 Å². The van der Waals surface area contributed by atoms with Gasteiger partial charge in [-0.1, -0.05) is 165 Å². The van der Waals surface area contributed by atoms with Crippen molar-refractivity contribution in [3.05, 3.63) is 232 Å². The van der Waals surface area contributed by atoms with Gasteiger partial charge in [-0.3, -0.25) is 23.8 Å². The number of aliphatic imine (C=N–C) groups is 6. The Morgan fingerprint density at radius 1 is 0.487 bits per heavy atom. The third-order valence-corrected chi connectivity index (χ3v) is 22.8. The Morgan fingerprint density at radius 2 is 0.861 bits per heavy atom. The number of methoxy groups -OCH3 is 3. The van der Waals surface area contributed by atoms with E-state index in [0.717, 1.165) is 93.0 Å². The zero-order valence-electron chi connectivity index (χ0n) is 65.6. The highest BCUT2D eigenvalue weighted by Gasteiger charge is 2.59. The number of nitrogens with one attached hydrogen (secondary N) is 4. The van der Waals surface area contributed by atoms with Crippen LogP contribution < -0.4 is 30.2 Å². The Kier molecular flexibility index (Phi) is 22.5. The lowest BCUT2D eigenvalue weighted by molar-refractivity contribution is -0.0438. The van der Waals surface area contributed by atoms with E-state index < -0.39 is 35.1 Å². The van der Waals surface area contributed by atoms with E-state index in [1.54, 1.807) is 59.6 Å². The SMILES string of the molecule is CCC1O[C@H](Cl)CC1C.CC[C@H]1O[C@@H](n2cnc3c2N=CN=C2N(Cc4ccc(OC)cc4)C(=O)NC23c2ccc(C)cc2)C[C@H]1C.COc1ccc(CN2C(=O)NC3(c4ccc(C)cc4)C2=NC=Nc2c3ncn2[C@H]2C[C@@H](O)[C@@H](CO)O2)cc1.COc1ccc(CN2C(=O)NC3(c4ccc(C)cc4)C2=NC=Nc2nc[nH]c23)cc1. The van der Waals surface area contributed by atoms with Crippen LogP contribution >= 0.6 is 11.6 Å². The number of nitrogens with zero attached hydrogens (tertiary/aromatic N) is 14. The number of hydrogen-bond acceptors (Lipinski definition) is 20. The fraction of sp³-hybridized carbons (Fsp3) is 0.365. The first kappa shape index (κ1) is 78.5. The molecule has 12 atom stereocenters. The maximum atomic E-state index is 13.6. The van der Waals surface area contributed by atoms with Crippen molar-refractivity contribution in [1.29, 1.82) is 0 Å². The molecule has 0 saturated carbocycles. The summed E-state index contributed by atoms with van der Waals surface area (Å²) in [6.45, 7) is 15.4. The molecule has 115 heavy (non-hydrogen) atoms. The van der Waals surface area contributed by atoms with Crippen LogP contribution in [-0.4, -0.2) is 167 Å². The molecular weight excluding hydrogens is 1480 g/mol. The summed E-state index contributed by atoms with van der Waals surface area (Å²) in [5.41, 5.74) is 7.16. The number of H-pyrrole nitrogens is 1. The summed E-state index contributed by atoms with van der Waals surface area (Å²) >= 11 is 5.76. The smallest absolute Gasteiger partial charge is 0.324 e. The number of amidine groups is 3. The van der Waals surface area contributed by atoms with Crippen molar-refractivity contribution in [3.8, 4) is 17.2 Å². The van der Waals surface area contributed by atoms with Crippen LogP contribution in [0.3, 0.4) is 0 Å². The number of alkyl halides is 1. The minimum Gasteiger partial charge on any atom is -0.497 e. The molecule has 596 valence electrons. The van der Waals surface area contributed by atoms with Gasteiger partial charge in [0, 0.05) is 6.42 Å². The second-order valence-electron chi connectivity index (χ2n) is 29.9. The molecule has 6 fully saturated rings. The number of aliphatic hydroxyl groups excluding tert-OH is 2. The molecule has 9 aliphatic rings. The molecular formula is C85H93ClN18O11. The van der Waals surface area contributed by atoms with Crippen molar-refractivity contribution >= 4 is 83.7 Å². The van der Waals surface area contributed by atoms with Crippen molar-refractivity contribution in [1.82, 2.24) is 59.7 Å². The lowest BCUT2D eigenvalue weighted by Gasteiger charge is -2.29. The third kappa shape index (κ3) is 14.8. The number of urea groups is 3. The third-order valence-electron chi connectivity index (χ3n) is 22.5. The van der Waals surface area contributed by atoms with Gasteiger partial charge in [-0.05, 0) is 128 Å². The van der Waals surface area contributed by atoms with E-state index >= 15 is 0 Å². The molecule has 5 unspecified atom stereocenters. The molecule has 0 bridgehead atoms. The van der Waals surface area contributed by atoms with Crippen molar-refractivity contribution in [2.75, 3.05) is 27.9 Å². The zero-order valence-corrected chi connectivity index (χ0v) is 66.3. The number of rotatable bonds is 17. The first-order valence-corrected chi connectivity index (χ1v) is 39.0. The summed E-state index contributed by atoms with van der Waals surface area (Å²) in [6.07, 6.45) is 11.9. The van der Waals surface area contributed by atoms with Gasteiger partial charge in [0.1, 0.15) is 71.8 Å². The van der Waals surface area contributed by atoms with Crippen molar-refractivity contribution < 1.29 is 53.0 Å². The van der Waals surface area contributed by atoms with Gasteiger partial charge in [0.15, 0.2) is 51.6 Å². The Balaban J connectivity index is 0.000000129. The van der Waals surface area contributed by atoms with Crippen LogP contribution in [0.4, 0.5) is 31.8 Å². The molecule has 18 rings (SSSR count). The molecule has 0 spiro atoms. The number of imidazole rings is 3. The van der Waals surface area contributed by atoms with E-state index in [9.17, 15) is 24.6 Å². The van der Waals surface area contributed by atoms with Crippen molar-refractivity contribution in [2.45, 2.75) is 159 Å². The molecule has 6 saturated heterocycles. The lowest BCUT2D eigenvalue weighted by atomic mass is 9.85. The maximum Gasteiger partial charge on any atom is 0.324 e. The van der Waals surface area contributed by atoms with Crippen LogP contribution in [-0.2, 0) is 50.5 Å². The minimum atomic E-state index is -1.21. The van der Waals surface area contributed by atoms with Gasteiger partial charge in [-0.15, -0.1) is 0 Å². The fourth-order valence-electron chi connectivity index (χ4n) is 16.3. The predicted molar refractivity (Wildman–Crippen MR) is 435 cm³/mol. The average Bonchev–Trinajstić information content (AvgIpc) is 1.56. The van der Waals surface area contributed by atoms with Crippen LogP contribution in [0.15, 0.2) is 195 Å². The van der Waals surface area contributed by atoms with Crippen LogP contribution in [0.5, 0.6) is 17.2 Å². The molecule has 12 heterocycles. The van der Waals surface area contributed by atoms with Gasteiger partial charge in [0.05, 0.1) is 90.6 Å². The van der Waals surface area contributed by atoms with E-state index in [0.29, 0.717) is 83.1 Å². The number of aliphatic hydroxyl groups is 2. The van der Waals surface area contributed by atoms with Gasteiger partial charge >= 0.3 is 18.1 Å². The highest BCUT2D eigenvalue weighted by atomic mass is 35.5. The van der Waals surface area contributed by atoms with Gasteiger partial charge in [-0.25, -0.2) is 59.3 Å². The lowest BCUT2D eigenvalue weighted by Crippen LogP contribution is -2.45. The van der Waals surface area contributed by atoms with Gasteiger partial charge in [-0.2, -0.15) is 0 Å². The standard InChI is InChI=1S/C29H32N6O3.C27H28N6O5.C22H20N6O2.C7H13ClO/c1-5-23-19(3)14-24(38-23)35-17-32-25-26(35)30-16-31-27-29(25,21-10-6-18(2)7-11-21)33-28(36)34(27)15-20-8-12-22(37-4)13-9-20;1-16-3-7-18(8-4-16)27-23-24(33(15-30-23)22-11-20(35)21(13-34)38-22)28-14-29-25(27)32(26(36)31-27)12-17-5-9-19(37-2)10-6-17;1-14-3-7-16(8-4-14)22-18-19(24-12-23-18)25-13-26-20(22)28(21(29)27-22)11-15-5-9-17(30-2)10-6-15;1-3-6-5(2)4-7(8)9-6/h6-13,16-17,19,23-24H,5,14-15H2,1-4H3,(H,33,36);3-10,14-15,20-22,34-35H,11-13H2,1-2H3,(H,31,36);3-10,12-13H,11H2,1-2H3,(H,23,24)(H,27,29);5-7H,3-4H2,1-2H3/t19-,23-,24-,29?;20-,21-,22-,27?;;5?,6?,7-/m11.0/s1. The Labute approximate surface area is 671 Å². The molecule has 3 aromatic heterocycles. The van der Waals surface area contributed by atoms with Crippen LogP contribution in [0, 0.1) is 32.6 Å². The van der Waals surface area contributed by atoms with E-state index in [2.05, 4.69) is 73.6 Å². The number of carbonyl (C=O) groups is 3. The van der Waals surface area contributed by atoms with E-state index in [4.69, 9.17) is 60.0 Å². The van der Waals surface area contributed by atoms with Crippen LogP contribution in [0.1, 0.15) is 139 Å². The molecule has 0 aliphatic carbocycles. The maximum absolute atomic E-state index is 13.6. The number of carbonyl (C=O) groups excluding carboxylic acids is 3. The molecule has 6 N–H and O–H groups in total. The molecule has 30 heteroatoms. The summed E-state index contributed by atoms with van der Waals surface area (Å²) in [5.74, 6) is 6.48. The molecule has 29 nitrogen and oxygen atoms in total. The normalized spacial score (nSPS) is 25.7. The minimum absolute atomic E-state index is 0.0232. The summed E-state index contributed by atoms with van der Waals surface area (Å²) < 4.78 is 37.2. The topological polar surface area (TPSA) is 331 Å². The molecule has 0 radical (unpaired) electrons. The van der Waals surface area contributed by atoms with Crippen LogP contribution in [0.2, 0.25) is 0 Å². The highest BCUT2D eigenvalue weighted by Crippen LogP contribution is 2.49. The van der Waals surface area contributed by atoms with E-state index in [-0.39, 0.29) is 55.6 Å². The zero-order chi connectivity index (χ0) is 80.5. The molecule has 6 aromatic carbocycles. The second kappa shape index (κ2) is 33.0. The number of ether oxygens (including phenoxy) is 6. The van der Waals surface area contributed by atoms with E-state index in [1.807, 2.05) is 171 Å². The highest BCUT2D eigenvalue weighted by molar-refractivity contribution is 6.20. The number of aryl methyl sites for hydroxylation is 3. The molecule has 6 amide bonds. The summed E-state index contributed by atoms with van der Waals surface area (Å²) in [5, 5.41) is 29.5. The number of fused-ring (bicyclic) bond motifs is 9. The number of benzene rings is 6. The molecule has 9 aliphatic heterocycles. The first-order valence-electron chi connectivity index (χ1n) is 38.5. The Morgan fingerprint density at radius 3 is 1.23 bits per heavy atom. The first-order chi connectivity index (χ1) is 55.7. The summed E-state index contributed by atoms with van der Waals surface area (Å²) in [6, 6.07) is 46.0. The quantitative estimate of drug-likeness (QED) is 0.0462. The van der Waals surface area contributed by atoms with E-state index in [1.165, 1.54) is 19.0 Å². The number of aromatic amines is 1. The number of halogens is 1. The predicted octanol–water partition coefficient (Wildman–Crippen LogP) is 13.1. The van der Waals surface area contributed by atoms with Gasteiger partial charge < -0.3 is 59.6 Å². The summed E-state index contributed by atoms with van der Waals surface area (Å²) in [7, 11) is 4.87. The molecule has 9 aromatic rings. The number of hydrogen-bond donors (Lipinski definition) is 6. The number of amides is 6. The largest absolute Gasteiger partial charge is 0.497 e. The Hall–Kier alpha value is -11.7. The Bertz CT molecular complexity index is 5010. The fourth-order valence-corrected chi connectivity index (χ4v) is 16.7. The monoisotopic (exact) mass is 1580 g/mol. The van der Waals surface area contributed by atoms with Gasteiger partial charge in [0.25, 0.3) is 0 Å². The number of aromatic nitrogens is 6.